The lowest BCUT2D eigenvalue weighted by molar-refractivity contribution is 0.102. The second-order valence-electron chi connectivity index (χ2n) is 7.34. The van der Waals surface area contributed by atoms with E-state index < -0.39 is 0 Å². The van der Waals surface area contributed by atoms with E-state index in [4.69, 9.17) is 0 Å². The van der Waals surface area contributed by atoms with Gasteiger partial charge in [0.2, 0.25) is 0 Å². The highest BCUT2D eigenvalue weighted by Gasteiger charge is 2.25. The average Bonchev–Trinajstić information content (AvgIpc) is 3.26. The minimum Gasteiger partial charge on any atom is -0.320 e. The Morgan fingerprint density at radius 1 is 1.14 bits per heavy atom. The highest BCUT2D eigenvalue weighted by atomic mass is 16.1. The van der Waals surface area contributed by atoms with E-state index in [1.54, 1.807) is 16.9 Å². The van der Waals surface area contributed by atoms with Crippen LogP contribution in [0.5, 0.6) is 0 Å². The summed E-state index contributed by atoms with van der Waals surface area (Å²) in [4.78, 5) is 21.6. The number of imidazole rings is 1. The van der Waals surface area contributed by atoms with Crippen molar-refractivity contribution in [2.24, 2.45) is 0 Å². The zero-order valence-corrected chi connectivity index (χ0v) is 15.8. The van der Waals surface area contributed by atoms with Gasteiger partial charge in [-0.2, -0.15) is 5.10 Å². The van der Waals surface area contributed by atoms with E-state index in [1.807, 2.05) is 55.1 Å². The molecule has 3 heterocycles. The van der Waals surface area contributed by atoms with Gasteiger partial charge in [-0.3, -0.25) is 9.20 Å². The molecule has 0 atom stereocenters. The summed E-state index contributed by atoms with van der Waals surface area (Å²) in [7, 11) is 0. The molecule has 1 saturated carbocycles. The van der Waals surface area contributed by atoms with Gasteiger partial charge < -0.3 is 5.32 Å². The fraction of sp³-hybridized carbons (Fsp3) is 0.238. The molecule has 0 saturated heterocycles. The Bertz CT molecular complexity index is 1200. The number of nitrogens with zero attached hydrogens (tertiary/aromatic N) is 5. The maximum absolute atomic E-state index is 12.9. The Labute approximate surface area is 162 Å². The molecule has 7 nitrogen and oxygen atoms in total. The molecule has 1 aromatic carbocycles. The van der Waals surface area contributed by atoms with Crippen LogP contribution in [0.15, 0.2) is 49.1 Å². The van der Waals surface area contributed by atoms with Gasteiger partial charge in [-0.1, -0.05) is 12.1 Å². The number of benzene rings is 1. The van der Waals surface area contributed by atoms with Crippen molar-refractivity contribution >= 4 is 17.2 Å². The third-order valence-corrected chi connectivity index (χ3v) is 5.07. The molecule has 5 rings (SSSR count). The highest BCUT2D eigenvalue weighted by Crippen LogP contribution is 2.34. The zero-order chi connectivity index (χ0) is 19.3. The molecule has 1 amide bonds. The lowest BCUT2D eigenvalue weighted by Gasteiger charge is -2.10. The van der Waals surface area contributed by atoms with Gasteiger partial charge in [0.1, 0.15) is 17.7 Å². The number of hydrogen-bond acceptors (Lipinski definition) is 4. The van der Waals surface area contributed by atoms with Crippen molar-refractivity contribution in [3.8, 4) is 11.4 Å². The second kappa shape index (κ2) is 6.30. The minimum absolute atomic E-state index is 0.201. The average molecular weight is 372 g/mol. The monoisotopic (exact) mass is 372 g/mol. The standard InChI is InChI=1S/C21H20N6O/c1-13-7-8-26-18(11-22-19(26)9-13)21(28)24-17-10-15(4-3-14(17)2)20-23-12-27(25-20)16-5-6-16/h3-4,7-12,16H,5-6H2,1-2H3,(H,24,28). The van der Waals surface area contributed by atoms with Crippen molar-refractivity contribution in [3.05, 3.63) is 65.9 Å². The number of rotatable bonds is 4. The van der Waals surface area contributed by atoms with E-state index in [0.717, 1.165) is 40.9 Å². The van der Waals surface area contributed by atoms with Crippen LogP contribution in [0, 0.1) is 13.8 Å². The molecule has 0 unspecified atom stereocenters. The van der Waals surface area contributed by atoms with Gasteiger partial charge in [-0.15, -0.1) is 0 Å². The van der Waals surface area contributed by atoms with Crippen molar-refractivity contribution in [2.45, 2.75) is 32.7 Å². The first-order valence-electron chi connectivity index (χ1n) is 9.36. The van der Waals surface area contributed by atoms with Crippen LogP contribution in [-0.2, 0) is 0 Å². The molecular weight excluding hydrogens is 352 g/mol. The van der Waals surface area contributed by atoms with Gasteiger partial charge in [0.25, 0.3) is 5.91 Å². The fourth-order valence-electron chi connectivity index (χ4n) is 3.25. The Kier molecular flexibility index (Phi) is 3.75. The van der Waals surface area contributed by atoms with Crippen LogP contribution < -0.4 is 5.32 Å². The van der Waals surface area contributed by atoms with Crippen LogP contribution in [0.3, 0.4) is 0 Å². The molecule has 0 radical (unpaired) electrons. The van der Waals surface area contributed by atoms with E-state index in [2.05, 4.69) is 20.4 Å². The van der Waals surface area contributed by atoms with Gasteiger partial charge in [-0.05, 0) is 56.0 Å². The van der Waals surface area contributed by atoms with Gasteiger partial charge >= 0.3 is 0 Å². The summed E-state index contributed by atoms with van der Waals surface area (Å²) < 4.78 is 3.72. The summed E-state index contributed by atoms with van der Waals surface area (Å²) >= 11 is 0. The van der Waals surface area contributed by atoms with E-state index in [1.165, 1.54) is 0 Å². The number of amides is 1. The number of aromatic nitrogens is 5. The first kappa shape index (κ1) is 16.7. The second-order valence-corrected chi connectivity index (χ2v) is 7.34. The molecule has 0 bridgehead atoms. The number of carbonyl (C=O) groups is 1. The number of fused-ring (bicyclic) bond motifs is 1. The number of aryl methyl sites for hydroxylation is 2. The maximum atomic E-state index is 12.9. The predicted molar refractivity (Wildman–Crippen MR) is 106 cm³/mol. The van der Waals surface area contributed by atoms with Gasteiger partial charge in [0, 0.05) is 17.4 Å². The number of pyridine rings is 1. The number of nitrogens with one attached hydrogen (secondary N) is 1. The smallest absolute Gasteiger partial charge is 0.274 e. The Balaban J connectivity index is 1.44. The molecule has 140 valence electrons. The number of hydrogen-bond donors (Lipinski definition) is 1. The molecular formula is C21H20N6O. The number of carbonyl (C=O) groups excluding carboxylic acids is 1. The quantitative estimate of drug-likeness (QED) is 0.591. The van der Waals surface area contributed by atoms with Crippen LogP contribution in [0.1, 0.15) is 40.5 Å². The summed E-state index contributed by atoms with van der Waals surface area (Å²) in [5.74, 6) is 0.473. The van der Waals surface area contributed by atoms with Crippen LogP contribution in [-0.4, -0.2) is 30.1 Å². The summed E-state index contributed by atoms with van der Waals surface area (Å²) in [5, 5.41) is 7.58. The normalized spacial score (nSPS) is 13.8. The van der Waals surface area contributed by atoms with E-state index >= 15 is 0 Å². The summed E-state index contributed by atoms with van der Waals surface area (Å²) in [5.41, 5.74) is 4.96. The van der Waals surface area contributed by atoms with E-state index in [0.29, 0.717) is 17.6 Å². The van der Waals surface area contributed by atoms with Crippen molar-refractivity contribution in [2.75, 3.05) is 5.32 Å². The van der Waals surface area contributed by atoms with Crippen LogP contribution in [0.4, 0.5) is 5.69 Å². The topological polar surface area (TPSA) is 77.1 Å². The molecule has 1 N–H and O–H groups in total. The maximum Gasteiger partial charge on any atom is 0.274 e. The molecule has 28 heavy (non-hydrogen) atoms. The highest BCUT2D eigenvalue weighted by molar-refractivity contribution is 6.04. The molecule has 0 spiro atoms. The van der Waals surface area contributed by atoms with Crippen LogP contribution >= 0.6 is 0 Å². The molecule has 3 aromatic heterocycles. The van der Waals surface area contributed by atoms with Crippen molar-refractivity contribution < 1.29 is 4.79 Å². The molecule has 1 aliphatic rings. The van der Waals surface area contributed by atoms with Crippen molar-refractivity contribution in [1.29, 1.82) is 0 Å². The summed E-state index contributed by atoms with van der Waals surface area (Å²) in [6.07, 6.45) is 7.58. The third-order valence-electron chi connectivity index (χ3n) is 5.07. The van der Waals surface area contributed by atoms with Gasteiger partial charge in [0.05, 0.1) is 12.2 Å². The minimum atomic E-state index is -0.201. The predicted octanol–water partition coefficient (Wildman–Crippen LogP) is 3.80. The Morgan fingerprint density at radius 3 is 2.82 bits per heavy atom. The largest absolute Gasteiger partial charge is 0.320 e. The first-order valence-corrected chi connectivity index (χ1v) is 9.36. The van der Waals surface area contributed by atoms with Gasteiger partial charge in [-0.25, -0.2) is 14.6 Å². The van der Waals surface area contributed by atoms with Crippen molar-refractivity contribution in [1.82, 2.24) is 24.1 Å². The first-order chi connectivity index (χ1) is 13.6. The SMILES string of the molecule is Cc1ccn2c(C(=O)Nc3cc(-c4ncn(C5CC5)n4)ccc3C)cnc2c1. The van der Waals surface area contributed by atoms with Crippen molar-refractivity contribution in [3.63, 3.8) is 0 Å². The molecule has 7 heteroatoms. The van der Waals surface area contributed by atoms with E-state index in [9.17, 15) is 4.79 Å². The zero-order valence-electron chi connectivity index (χ0n) is 15.8. The Morgan fingerprint density at radius 2 is 2.00 bits per heavy atom. The molecule has 4 aromatic rings. The number of anilines is 1. The van der Waals surface area contributed by atoms with Gasteiger partial charge in [0.15, 0.2) is 5.82 Å². The van der Waals surface area contributed by atoms with Crippen LogP contribution in [0.25, 0.3) is 17.0 Å². The van der Waals surface area contributed by atoms with Crippen LogP contribution in [0.2, 0.25) is 0 Å². The lowest BCUT2D eigenvalue weighted by Crippen LogP contribution is -2.15. The fourth-order valence-corrected chi connectivity index (χ4v) is 3.25. The molecule has 1 fully saturated rings. The summed E-state index contributed by atoms with van der Waals surface area (Å²) in [6.45, 7) is 3.97. The molecule has 0 aliphatic heterocycles. The van der Waals surface area contributed by atoms with E-state index in [-0.39, 0.29) is 5.91 Å². The molecule has 1 aliphatic carbocycles. The summed E-state index contributed by atoms with van der Waals surface area (Å²) in [6, 6.07) is 10.3. The Hall–Kier alpha value is -3.48. The lowest BCUT2D eigenvalue weighted by atomic mass is 10.1. The third kappa shape index (κ3) is 2.94.